The summed E-state index contributed by atoms with van der Waals surface area (Å²) in [6, 6.07) is 10.6. The topological polar surface area (TPSA) is 50.7 Å². The van der Waals surface area contributed by atoms with Crippen LogP contribution in [0.2, 0.25) is 0 Å². The summed E-state index contributed by atoms with van der Waals surface area (Å²) in [5, 5.41) is 12.7. The second-order valence-electron chi connectivity index (χ2n) is 4.91. The van der Waals surface area contributed by atoms with Gasteiger partial charge in [-0.15, -0.1) is 10.2 Å². The zero-order chi connectivity index (χ0) is 14.7. The molecule has 0 amide bonds. The summed E-state index contributed by atoms with van der Waals surface area (Å²) in [7, 11) is 0. The zero-order valence-electron chi connectivity index (χ0n) is 12.3. The van der Waals surface area contributed by atoms with Gasteiger partial charge in [-0.1, -0.05) is 49.4 Å². The van der Waals surface area contributed by atoms with Crippen LogP contribution >= 0.6 is 11.3 Å². The number of hydrogen-bond acceptors (Lipinski definition) is 5. The van der Waals surface area contributed by atoms with E-state index in [1.54, 1.807) is 11.3 Å². The highest BCUT2D eigenvalue weighted by molar-refractivity contribution is 7.22. The fourth-order valence-corrected chi connectivity index (χ4v) is 2.97. The minimum Gasteiger partial charge on any atom is -0.361 e. The fraction of sp³-hybridized carbons (Fsp3) is 0.312. The maximum Gasteiger partial charge on any atom is 0.194 e. The van der Waals surface area contributed by atoms with E-state index in [0.29, 0.717) is 5.65 Å². The van der Waals surface area contributed by atoms with Gasteiger partial charge in [0.2, 0.25) is 0 Å². The Kier molecular flexibility index (Phi) is 4.10. The van der Waals surface area contributed by atoms with E-state index in [1.807, 2.05) is 0 Å². The standard InChI is InChI=1S/C16H18N4S/c1-3-9-17-16-18-15-14(21-16)10-13(19-20-15)12-7-5-11(4-2)6-8-12/h5-8,10H,3-4,9H2,1-2H3,(H,17,18,20). The van der Waals surface area contributed by atoms with E-state index in [-0.39, 0.29) is 0 Å². The van der Waals surface area contributed by atoms with E-state index < -0.39 is 0 Å². The van der Waals surface area contributed by atoms with Crippen LogP contribution < -0.4 is 5.32 Å². The van der Waals surface area contributed by atoms with Gasteiger partial charge in [-0.3, -0.25) is 0 Å². The molecule has 2 aromatic heterocycles. The second kappa shape index (κ2) is 6.18. The quantitative estimate of drug-likeness (QED) is 0.769. The molecule has 0 fully saturated rings. The number of nitrogens with one attached hydrogen (secondary N) is 1. The molecule has 0 aliphatic carbocycles. The van der Waals surface area contributed by atoms with E-state index in [4.69, 9.17) is 0 Å². The van der Waals surface area contributed by atoms with Gasteiger partial charge in [-0.05, 0) is 24.5 Å². The van der Waals surface area contributed by atoms with Gasteiger partial charge in [-0.2, -0.15) is 4.98 Å². The Morgan fingerprint density at radius 1 is 1.10 bits per heavy atom. The summed E-state index contributed by atoms with van der Waals surface area (Å²) in [6.45, 7) is 5.22. The monoisotopic (exact) mass is 298 g/mol. The number of anilines is 1. The average Bonchev–Trinajstić information content (AvgIpc) is 2.95. The van der Waals surface area contributed by atoms with Gasteiger partial charge < -0.3 is 5.32 Å². The molecule has 0 saturated carbocycles. The van der Waals surface area contributed by atoms with E-state index in [9.17, 15) is 0 Å². The Hall–Kier alpha value is -2.01. The Balaban J connectivity index is 1.92. The van der Waals surface area contributed by atoms with Crippen LogP contribution in [0.4, 0.5) is 5.13 Å². The first-order valence-electron chi connectivity index (χ1n) is 7.27. The van der Waals surface area contributed by atoms with Gasteiger partial charge in [0.05, 0.1) is 10.4 Å². The van der Waals surface area contributed by atoms with Gasteiger partial charge in [0.1, 0.15) is 0 Å². The molecule has 1 N–H and O–H groups in total. The molecule has 0 atom stereocenters. The molecule has 0 bridgehead atoms. The number of fused-ring (bicyclic) bond motifs is 1. The first kappa shape index (κ1) is 13.9. The van der Waals surface area contributed by atoms with Crippen molar-refractivity contribution < 1.29 is 0 Å². The molecular formula is C16H18N4S. The Bertz CT molecular complexity index is 734. The number of rotatable bonds is 5. The van der Waals surface area contributed by atoms with Crippen LogP contribution in [0, 0.1) is 0 Å². The molecule has 0 unspecified atom stereocenters. The summed E-state index contributed by atoms with van der Waals surface area (Å²) in [4.78, 5) is 4.45. The normalized spacial score (nSPS) is 11.0. The minimum absolute atomic E-state index is 0.715. The predicted octanol–water partition coefficient (Wildman–Crippen LogP) is 4.14. The zero-order valence-corrected chi connectivity index (χ0v) is 13.1. The minimum atomic E-state index is 0.715. The molecule has 5 heteroatoms. The number of aromatic nitrogens is 3. The van der Waals surface area contributed by atoms with Gasteiger partial charge in [-0.25, -0.2) is 0 Å². The SMILES string of the molecule is CCCNc1nc2nnc(-c3ccc(CC)cc3)cc2s1. The highest BCUT2D eigenvalue weighted by atomic mass is 32.1. The van der Waals surface area contributed by atoms with Gasteiger partial charge in [0, 0.05) is 12.1 Å². The lowest BCUT2D eigenvalue weighted by molar-refractivity contribution is 0.975. The largest absolute Gasteiger partial charge is 0.361 e. The number of thiazole rings is 1. The number of nitrogens with zero attached hydrogens (tertiary/aromatic N) is 3. The van der Waals surface area contributed by atoms with Crippen LogP contribution in [0.1, 0.15) is 25.8 Å². The third-order valence-electron chi connectivity index (χ3n) is 3.34. The first-order valence-corrected chi connectivity index (χ1v) is 8.09. The van der Waals surface area contributed by atoms with Crippen LogP contribution in [0.25, 0.3) is 21.6 Å². The summed E-state index contributed by atoms with van der Waals surface area (Å²) >= 11 is 1.63. The molecule has 0 radical (unpaired) electrons. The molecule has 3 rings (SSSR count). The Labute approximate surface area is 128 Å². The lowest BCUT2D eigenvalue weighted by atomic mass is 10.1. The average molecular weight is 298 g/mol. The summed E-state index contributed by atoms with van der Waals surface area (Å²) < 4.78 is 1.07. The van der Waals surface area contributed by atoms with Crippen LogP contribution in [-0.4, -0.2) is 21.7 Å². The van der Waals surface area contributed by atoms with Gasteiger partial charge in [0.15, 0.2) is 10.8 Å². The van der Waals surface area contributed by atoms with Crippen molar-refractivity contribution in [3.05, 3.63) is 35.9 Å². The number of benzene rings is 1. The van der Waals surface area contributed by atoms with Gasteiger partial charge in [0.25, 0.3) is 0 Å². The van der Waals surface area contributed by atoms with Crippen LogP contribution in [0.15, 0.2) is 30.3 Å². The number of aryl methyl sites for hydroxylation is 1. The fourth-order valence-electron chi connectivity index (χ4n) is 2.10. The smallest absolute Gasteiger partial charge is 0.194 e. The summed E-state index contributed by atoms with van der Waals surface area (Å²) in [6.07, 6.45) is 2.13. The second-order valence-corrected chi connectivity index (χ2v) is 5.94. The van der Waals surface area contributed by atoms with Crippen molar-refractivity contribution in [1.29, 1.82) is 0 Å². The van der Waals surface area contributed by atoms with Crippen LogP contribution in [-0.2, 0) is 6.42 Å². The lowest BCUT2D eigenvalue weighted by Crippen LogP contribution is -1.98. The molecule has 2 heterocycles. The molecule has 0 saturated heterocycles. The number of hydrogen-bond donors (Lipinski definition) is 1. The molecule has 0 aliphatic rings. The molecule has 0 aliphatic heterocycles. The highest BCUT2D eigenvalue weighted by Gasteiger charge is 2.08. The van der Waals surface area contributed by atoms with Crippen molar-refractivity contribution in [3.63, 3.8) is 0 Å². The van der Waals surface area contributed by atoms with E-state index >= 15 is 0 Å². The first-order chi connectivity index (χ1) is 10.3. The molecule has 4 nitrogen and oxygen atoms in total. The van der Waals surface area contributed by atoms with Crippen molar-refractivity contribution in [3.8, 4) is 11.3 Å². The van der Waals surface area contributed by atoms with Crippen molar-refractivity contribution in [2.75, 3.05) is 11.9 Å². The molecule has 1 aromatic carbocycles. The summed E-state index contributed by atoms with van der Waals surface area (Å²) in [5.74, 6) is 0. The van der Waals surface area contributed by atoms with Crippen LogP contribution in [0.5, 0.6) is 0 Å². The summed E-state index contributed by atoms with van der Waals surface area (Å²) in [5.41, 5.74) is 4.04. The van der Waals surface area contributed by atoms with E-state index in [0.717, 1.165) is 40.5 Å². The van der Waals surface area contributed by atoms with Crippen molar-refractivity contribution in [1.82, 2.24) is 15.2 Å². The maximum atomic E-state index is 4.45. The third-order valence-corrected chi connectivity index (χ3v) is 4.29. The van der Waals surface area contributed by atoms with E-state index in [2.05, 4.69) is 64.7 Å². The Morgan fingerprint density at radius 2 is 1.90 bits per heavy atom. The lowest BCUT2D eigenvalue weighted by Gasteiger charge is -2.01. The predicted molar refractivity (Wildman–Crippen MR) is 88.8 cm³/mol. The highest BCUT2D eigenvalue weighted by Crippen LogP contribution is 2.27. The third kappa shape index (κ3) is 3.03. The van der Waals surface area contributed by atoms with Crippen molar-refractivity contribution in [2.24, 2.45) is 0 Å². The van der Waals surface area contributed by atoms with E-state index in [1.165, 1.54) is 5.56 Å². The maximum absolute atomic E-state index is 4.45. The molecule has 3 aromatic rings. The Morgan fingerprint density at radius 3 is 2.62 bits per heavy atom. The van der Waals surface area contributed by atoms with Crippen LogP contribution in [0.3, 0.4) is 0 Å². The molecule has 0 spiro atoms. The van der Waals surface area contributed by atoms with Crippen molar-refractivity contribution in [2.45, 2.75) is 26.7 Å². The molecule has 21 heavy (non-hydrogen) atoms. The van der Waals surface area contributed by atoms with Gasteiger partial charge >= 0.3 is 0 Å². The van der Waals surface area contributed by atoms with Crippen molar-refractivity contribution >= 4 is 26.8 Å². The molecule has 108 valence electrons. The molecular weight excluding hydrogens is 280 g/mol.